The highest BCUT2D eigenvalue weighted by atomic mass is 16.7. The fourth-order valence-corrected chi connectivity index (χ4v) is 2.13. The summed E-state index contributed by atoms with van der Waals surface area (Å²) in [4.78, 5) is 11.8. The van der Waals surface area contributed by atoms with E-state index < -0.39 is 23.8 Å². The standard InChI is InChI=1S/C16H23NO5/c1-10(17-15(19)22-16(2,3)4)14(18)11-5-6-12-8-20-9-21-13(12)7-11/h5-7,10,14,18H,8-9H2,1-4H3,(H,17,19). The van der Waals surface area contributed by atoms with E-state index in [1.165, 1.54) is 0 Å². The van der Waals surface area contributed by atoms with E-state index in [-0.39, 0.29) is 6.79 Å². The van der Waals surface area contributed by atoms with Crippen LogP contribution in [0.25, 0.3) is 0 Å². The maximum atomic E-state index is 11.8. The number of aliphatic hydroxyl groups is 1. The molecule has 0 radical (unpaired) electrons. The molecule has 2 N–H and O–H groups in total. The summed E-state index contributed by atoms with van der Waals surface area (Å²) in [6.45, 7) is 7.79. The topological polar surface area (TPSA) is 77.0 Å². The van der Waals surface area contributed by atoms with Crippen molar-refractivity contribution in [2.75, 3.05) is 6.79 Å². The molecule has 22 heavy (non-hydrogen) atoms. The predicted molar refractivity (Wildman–Crippen MR) is 80.5 cm³/mol. The van der Waals surface area contributed by atoms with Crippen molar-refractivity contribution in [3.63, 3.8) is 0 Å². The van der Waals surface area contributed by atoms with Crippen LogP contribution in [0.2, 0.25) is 0 Å². The lowest BCUT2D eigenvalue weighted by molar-refractivity contribution is -0.0166. The number of fused-ring (bicyclic) bond motifs is 1. The quantitative estimate of drug-likeness (QED) is 0.897. The number of carbonyl (C=O) groups excluding carboxylic acids is 1. The molecule has 6 heteroatoms. The van der Waals surface area contributed by atoms with Crippen molar-refractivity contribution in [3.8, 4) is 5.75 Å². The van der Waals surface area contributed by atoms with Crippen molar-refractivity contribution in [3.05, 3.63) is 29.3 Å². The third kappa shape index (κ3) is 4.35. The average molecular weight is 309 g/mol. The van der Waals surface area contributed by atoms with Gasteiger partial charge in [-0.05, 0) is 39.3 Å². The van der Waals surface area contributed by atoms with Crippen LogP contribution in [0, 0.1) is 0 Å². The Hall–Kier alpha value is -1.79. The molecule has 1 aliphatic rings. The molecule has 6 nitrogen and oxygen atoms in total. The van der Waals surface area contributed by atoms with Crippen LogP contribution in [-0.2, 0) is 16.1 Å². The number of benzene rings is 1. The van der Waals surface area contributed by atoms with Gasteiger partial charge >= 0.3 is 6.09 Å². The van der Waals surface area contributed by atoms with E-state index >= 15 is 0 Å². The fourth-order valence-electron chi connectivity index (χ4n) is 2.13. The average Bonchev–Trinajstić information content (AvgIpc) is 2.43. The van der Waals surface area contributed by atoms with Crippen LogP contribution in [0.5, 0.6) is 5.75 Å². The Labute approximate surface area is 130 Å². The highest BCUT2D eigenvalue weighted by Gasteiger charge is 2.23. The molecule has 0 bridgehead atoms. The second-order valence-electron chi connectivity index (χ2n) is 6.36. The first-order valence-corrected chi connectivity index (χ1v) is 7.27. The first kappa shape index (κ1) is 16.6. The van der Waals surface area contributed by atoms with Gasteiger partial charge in [-0.1, -0.05) is 12.1 Å². The van der Waals surface area contributed by atoms with Crippen LogP contribution in [0.1, 0.15) is 44.9 Å². The molecule has 0 fully saturated rings. The molecule has 1 heterocycles. The molecule has 0 saturated carbocycles. The molecular weight excluding hydrogens is 286 g/mol. The second-order valence-corrected chi connectivity index (χ2v) is 6.36. The van der Waals surface area contributed by atoms with Gasteiger partial charge in [0.15, 0.2) is 6.79 Å². The largest absolute Gasteiger partial charge is 0.467 e. The summed E-state index contributed by atoms with van der Waals surface area (Å²) in [6, 6.07) is 4.94. The predicted octanol–water partition coefficient (Wildman–Crippen LogP) is 2.50. The lowest BCUT2D eigenvalue weighted by Crippen LogP contribution is -2.40. The number of ether oxygens (including phenoxy) is 3. The first-order chi connectivity index (χ1) is 10.3. The van der Waals surface area contributed by atoms with Crippen LogP contribution < -0.4 is 10.1 Å². The minimum atomic E-state index is -0.857. The normalized spacial score (nSPS) is 17.0. The molecule has 1 aliphatic heterocycles. The van der Waals surface area contributed by atoms with E-state index in [0.29, 0.717) is 17.9 Å². The van der Waals surface area contributed by atoms with Gasteiger partial charge in [0, 0.05) is 5.56 Å². The van der Waals surface area contributed by atoms with Crippen LogP contribution in [0.4, 0.5) is 4.79 Å². The summed E-state index contributed by atoms with van der Waals surface area (Å²) in [5.74, 6) is 0.701. The van der Waals surface area contributed by atoms with Gasteiger partial charge in [-0.2, -0.15) is 0 Å². The third-order valence-corrected chi connectivity index (χ3v) is 3.21. The summed E-state index contributed by atoms with van der Waals surface area (Å²) in [5.41, 5.74) is 1.04. The zero-order chi connectivity index (χ0) is 16.3. The van der Waals surface area contributed by atoms with E-state index in [2.05, 4.69) is 5.32 Å². The molecule has 2 unspecified atom stereocenters. The molecule has 1 aromatic carbocycles. The molecule has 0 aromatic heterocycles. The minimum absolute atomic E-state index is 0.207. The first-order valence-electron chi connectivity index (χ1n) is 7.27. The summed E-state index contributed by atoms with van der Waals surface area (Å²) < 4.78 is 15.8. The zero-order valence-corrected chi connectivity index (χ0v) is 13.4. The summed E-state index contributed by atoms with van der Waals surface area (Å²) in [5, 5.41) is 13.0. The van der Waals surface area contributed by atoms with Gasteiger partial charge in [-0.15, -0.1) is 0 Å². The highest BCUT2D eigenvalue weighted by molar-refractivity contribution is 5.68. The third-order valence-electron chi connectivity index (χ3n) is 3.21. The molecule has 2 atom stereocenters. The van der Waals surface area contributed by atoms with Gasteiger partial charge in [0.1, 0.15) is 11.4 Å². The van der Waals surface area contributed by atoms with E-state index in [9.17, 15) is 9.90 Å². The monoisotopic (exact) mass is 309 g/mol. The Balaban J connectivity index is 2.01. The SMILES string of the molecule is CC(NC(=O)OC(C)(C)C)C(O)c1ccc2c(c1)OCOC2. The number of alkyl carbamates (subject to hydrolysis) is 1. The van der Waals surface area contributed by atoms with E-state index in [4.69, 9.17) is 14.2 Å². The zero-order valence-electron chi connectivity index (χ0n) is 13.4. The van der Waals surface area contributed by atoms with Gasteiger partial charge in [0.05, 0.1) is 18.8 Å². The molecule has 0 aliphatic carbocycles. The van der Waals surface area contributed by atoms with Crippen molar-refractivity contribution in [1.29, 1.82) is 0 Å². The van der Waals surface area contributed by atoms with E-state index in [1.54, 1.807) is 39.8 Å². The second kappa shape index (κ2) is 6.54. The number of aliphatic hydroxyl groups excluding tert-OH is 1. The smallest absolute Gasteiger partial charge is 0.407 e. The fraction of sp³-hybridized carbons (Fsp3) is 0.562. The molecule has 0 saturated heterocycles. The van der Waals surface area contributed by atoms with Crippen molar-refractivity contribution in [1.82, 2.24) is 5.32 Å². The number of carbonyl (C=O) groups is 1. The maximum absolute atomic E-state index is 11.8. The van der Waals surface area contributed by atoms with Crippen LogP contribution >= 0.6 is 0 Å². The number of hydrogen-bond acceptors (Lipinski definition) is 5. The Kier molecular flexibility index (Phi) is 4.93. The molecule has 122 valence electrons. The summed E-state index contributed by atoms with van der Waals surface area (Å²) >= 11 is 0. The Morgan fingerprint density at radius 1 is 1.41 bits per heavy atom. The van der Waals surface area contributed by atoms with E-state index in [0.717, 1.165) is 5.56 Å². The van der Waals surface area contributed by atoms with Crippen LogP contribution in [-0.4, -0.2) is 29.6 Å². The van der Waals surface area contributed by atoms with Gasteiger partial charge in [-0.25, -0.2) is 4.79 Å². The lowest BCUT2D eigenvalue weighted by Gasteiger charge is -2.25. The minimum Gasteiger partial charge on any atom is -0.467 e. The van der Waals surface area contributed by atoms with Crippen molar-refractivity contribution in [2.45, 2.75) is 52.0 Å². The maximum Gasteiger partial charge on any atom is 0.407 e. The van der Waals surface area contributed by atoms with Crippen molar-refractivity contribution >= 4 is 6.09 Å². The van der Waals surface area contributed by atoms with Crippen LogP contribution in [0.3, 0.4) is 0 Å². The Bertz CT molecular complexity index is 538. The van der Waals surface area contributed by atoms with Crippen molar-refractivity contribution < 1.29 is 24.1 Å². The van der Waals surface area contributed by atoms with Gasteiger partial charge < -0.3 is 24.6 Å². The molecule has 2 rings (SSSR count). The molecular formula is C16H23NO5. The number of rotatable bonds is 3. The molecule has 0 spiro atoms. The molecule has 1 aromatic rings. The number of amides is 1. The lowest BCUT2D eigenvalue weighted by atomic mass is 10.0. The van der Waals surface area contributed by atoms with Gasteiger partial charge in [-0.3, -0.25) is 0 Å². The number of nitrogens with one attached hydrogen (secondary N) is 1. The van der Waals surface area contributed by atoms with Gasteiger partial charge in [0.2, 0.25) is 0 Å². The summed E-state index contributed by atoms with van der Waals surface area (Å²) in [7, 11) is 0. The highest BCUT2D eigenvalue weighted by Crippen LogP contribution is 2.28. The van der Waals surface area contributed by atoms with Crippen molar-refractivity contribution in [2.24, 2.45) is 0 Å². The van der Waals surface area contributed by atoms with Crippen LogP contribution in [0.15, 0.2) is 18.2 Å². The Morgan fingerprint density at radius 2 is 2.14 bits per heavy atom. The van der Waals surface area contributed by atoms with E-state index in [1.807, 2.05) is 6.07 Å². The summed E-state index contributed by atoms with van der Waals surface area (Å²) in [6.07, 6.45) is -1.41. The number of hydrogen-bond donors (Lipinski definition) is 2. The molecule has 1 amide bonds. The van der Waals surface area contributed by atoms with Gasteiger partial charge in [0.25, 0.3) is 0 Å². The Morgan fingerprint density at radius 3 is 2.82 bits per heavy atom.